The molecule has 7 heteroatoms. The van der Waals surface area contributed by atoms with E-state index >= 15 is 0 Å². The summed E-state index contributed by atoms with van der Waals surface area (Å²) in [5.74, 6) is 0.362. The normalized spacial score (nSPS) is 10.7. The monoisotopic (exact) mass is 346 g/mol. The number of halogens is 1. The average Bonchev–Trinajstić information content (AvgIpc) is 2.67. The van der Waals surface area contributed by atoms with Crippen LogP contribution in [0.5, 0.6) is 0 Å². The standard InChI is InChI=1S/C19H15FN6/c20-13-6-1-2-7-16(13)26-19-17(21)18(23-11-24-19)25-15-9-3-8-14-12(15)5-4-10-22-14/h1-11H,21H2,(H2,23,24,25,26). The molecule has 128 valence electrons. The minimum atomic E-state index is -0.389. The van der Waals surface area contributed by atoms with E-state index < -0.39 is 0 Å². The Hall–Kier alpha value is -3.74. The second-order valence-electron chi connectivity index (χ2n) is 5.59. The lowest BCUT2D eigenvalue weighted by Crippen LogP contribution is -2.06. The molecule has 2 aromatic heterocycles. The Morgan fingerprint density at radius 3 is 2.31 bits per heavy atom. The predicted octanol–water partition coefficient (Wildman–Crippen LogP) is 4.23. The number of nitrogens with two attached hydrogens (primary N) is 1. The number of para-hydroxylation sites is 1. The fraction of sp³-hybridized carbons (Fsp3) is 0. The maximum absolute atomic E-state index is 13.9. The summed E-state index contributed by atoms with van der Waals surface area (Å²) in [6.07, 6.45) is 3.10. The van der Waals surface area contributed by atoms with E-state index in [1.165, 1.54) is 12.4 Å². The Kier molecular flexibility index (Phi) is 4.03. The van der Waals surface area contributed by atoms with E-state index in [9.17, 15) is 4.39 Å². The number of hydrogen-bond acceptors (Lipinski definition) is 6. The molecule has 0 aliphatic heterocycles. The molecule has 0 aliphatic rings. The Labute approximate surface area is 148 Å². The van der Waals surface area contributed by atoms with Crippen LogP contribution in [0.1, 0.15) is 0 Å². The number of benzene rings is 2. The van der Waals surface area contributed by atoms with Crippen molar-refractivity contribution in [3.05, 3.63) is 72.9 Å². The molecule has 0 aliphatic carbocycles. The summed E-state index contributed by atoms with van der Waals surface area (Å²) < 4.78 is 13.9. The van der Waals surface area contributed by atoms with Crippen molar-refractivity contribution in [3.63, 3.8) is 0 Å². The molecule has 0 saturated heterocycles. The van der Waals surface area contributed by atoms with E-state index in [0.717, 1.165) is 16.6 Å². The van der Waals surface area contributed by atoms with Crippen LogP contribution in [-0.4, -0.2) is 15.0 Å². The molecule has 0 saturated carbocycles. The smallest absolute Gasteiger partial charge is 0.159 e. The summed E-state index contributed by atoms with van der Waals surface area (Å²) >= 11 is 0. The molecule has 2 heterocycles. The van der Waals surface area contributed by atoms with E-state index in [2.05, 4.69) is 25.6 Å². The first-order chi connectivity index (χ1) is 12.7. The van der Waals surface area contributed by atoms with Crippen LogP contribution >= 0.6 is 0 Å². The highest BCUT2D eigenvalue weighted by molar-refractivity contribution is 5.94. The maximum Gasteiger partial charge on any atom is 0.159 e. The Bertz CT molecular complexity index is 1080. The molecule has 0 fully saturated rings. The van der Waals surface area contributed by atoms with Crippen molar-refractivity contribution in [3.8, 4) is 0 Å². The zero-order chi connectivity index (χ0) is 17.9. The second-order valence-corrected chi connectivity index (χ2v) is 5.59. The average molecular weight is 346 g/mol. The number of nitrogens with zero attached hydrogens (tertiary/aromatic N) is 3. The number of aromatic nitrogens is 3. The molecule has 26 heavy (non-hydrogen) atoms. The summed E-state index contributed by atoms with van der Waals surface area (Å²) in [7, 11) is 0. The highest BCUT2D eigenvalue weighted by Crippen LogP contribution is 2.31. The molecule has 6 nitrogen and oxygen atoms in total. The fourth-order valence-corrected chi connectivity index (χ4v) is 2.62. The molecular weight excluding hydrogens is 331 g/mol. The van der Waals surface area contributed by atoms with Gasteiger partial charge < -0.3 is 16.4 Å². The van der Waals surface area contributed by atoms with E-state index in [-0.39, 0.29) is 11.5 Å². The molecule has 2 aromatic carbocycles. The summed E-state index contributed by atoms with van der Waals surface area (Å²) in [5, 5.41) is 7.05. The minimum Gasteiger partial charge on any atom is -0.393 e. The zero-order valence-electron chi connectivity index (χ0n) is 13.6. The largest absolute Gasteiger partial charge is 0.393 e. The first-order valence-electron chi connectivity index (χ1n) is 7.95. The van der Waals surface area contributed by atoms with Crippen LogP contribution in [0.2, 0.25) is 0 Å². The quantitative estimate of drug-likeness (QED) is 0.512. The molecule has 4 N–H and O–H groups in total. The van der Waals surface area contributed by atoms with Crippen molar-refractivity contribution in [2.45, 2.75) is 0 Å². The van der Waals surface area contributed by atoms with Gasteiger partial charge in [0.05, 0.1) is 11.2 Å². The molecular formula is C19H15FN6. The van der Waals surface area contributed by atoms with Gasteiger partial charge in [-0.25, -0.2) is 14.4 Å². The van der Waals surface area contributed by atoms with Crippen LogP contribution in [-0.2, 0) is 0 Å². The van der Waals surface area contributed by atoms with E-state index in [1.807, 2.05) is 30.3 Å². The van der Waals surface area contributed by atoms with Crippen LogP contribution in [0.15, 0.2) is 67.1 Å². The lowest BCUT2D eigenvalue weighted by Gasteiger charge is -2.14. The molecule has 4 aromatic rings. The van der Waals surface area contributed by atoms with Gasteiger partial charge in [-0.2, -0.15) is 0 Å². The van der Waals surface area contributed by atoms with Crippen LogP contribution in [0.25, 0.3) is 10.9 Å². The van der Waals surface area contributed by atoms with Gasteiger partial charge in [-0.1, -0.05) is 18.2 Å². The minimum absolute atomic E-state index is 0.289. The molecule has 0 radical (unpaired) electrons. The molecule has 0 amide bonds. The van der Waals surface area contributed by atoms with Crippen molar-refractivity contribution < 1.29 is 4.39 Å². The van der Waals surface area contributed by atoms with Gasteiger partial charge in [0.2, 0.25) is 0 Å². The molecule has 0 atom stereocenters. The SMILES string of the molecule is Nc1c(Nc2ccccc2F)ncnc1Nc1cccc2ncccc12. The van der Waals surface area contributed by atoms with Gasteiger partial charge in [0.1, 0.15) is 17.8 Å². The Morgan fingerprint density at radius 1 is 0.769 bits per heavy atom. The number of hydrogen-bond donors (Lipinski definition) is 3. The second kappa shape index (κ2) is 6.64. The number of pyridine rings is 1. The number of fused-ring (bicyclic) bond motifs is 1. The third-order valence-corrected chi connectivity index (χ3v) is 3.91. The van der Waals surface area contributed by atoms with Gasteiger partial charge in [0, 0.05) is 17.3 Å². The maximum atomic E-state index is 13.9. The van der Waals surface area contributed by atoms with E-state index in [0.29, 0.717) is 17.3 Å². The first kappa shape index (κ1) is 15.8. The fourth-order valence-electron chi connectivity index (χ4n) is 2.62. The summed E-state index contributed by atoms with van der Waals surface area (Å²) in [6, 6.07) is 15.9. The van der Waals surface area contributed by atoms with Crippen molar-refractivity contribution in [1.29, 1.82) is 0 Å². The summed E-state index contributed by atoms with van der Waals surface area (Å²) in [4.78, 5) is 12.6. The lowest BCUT2D eigenvalue weighted by molar-refractivity contribution is 0.632. The lowest BCUT2D eigenvalue weighted by atomic mass is 10.2. The van der Waals surface area contributed by atoms with Gasteiger partial charge in [-0.15, -0.1) is 0 Å². The predicted molar refractivity (Wildman–Crippen MR) is 101 cm³/mol. The molecule has 4 rings (SSSR count). The van der Waals surface area contributed by atoms with Gasteiger partial charge in [0.15, 0.2) is 11.6 Å². The molecule has 0 bridgehead atoms. The Morgan fingerprint density at radius 2 is 1.50 bits per heavy atom. The van der Waals surface area contributed by atoms with Gasteiger partial charge in [-0.3, -0.25) is 4.98 Å². The Balaban J connectivity index is 1.69. The van der Waals surface area contributed by atoms with Crippen molar-refractivity contribution in [1.82, 2.24) is 15.0 Å². The highest BCUT2D eigenvalue weighted by Gasteiger charge is 2.11. The van der Waals surface area contributed by atoms with E-state index in [1.54, 1.807) is 24.4 Å². The van der Waals surface area contributed by atoms with Crippen LogP contribution in [0, 0.1) is 5.82 Å². The highest BCUT2D eigenvalue weighted by atomic mass is 19.1. The third-order valence-electron chi connectivity index (χ3n) is 3.91. The van der Waals surface area contributed by atoms with E-state index in [4.69, 9.17) is 5.73 Å². The topological polar surface area (TPSA) is 88.8 Å². The van der Waals surface area contributed by atoms with Gasteiger partial charge in [-0.05, 0) is 36.4 Å². The van der Waals surface area contributed by atoms with Crippen LogP contribution < -0.4 is 16.4 Å². The first-order valence-corrected chi connectivity index (χ1v) is 7.95. The number of anilines is 5. The molecule has 0 spiro atoms. The van der Waals surface area contributed by atoms with Crippen molar-refractivity contribution >= 4 is 39.6 Å². The van der Waals surface area contributed by atoms with Gasteiger partial charge >= 0.3 is 0 Å². The van der Waals surface area contributed by atoms with Crippen molar-refractivity contribution in [2.24, 2.45) is 0 Å². The van der Waals surface area contributed by atoms with Gasteiger partial charge in [0.25, 0.3) is 0 Å². The van der Waals surface area contributed by atoms with Crippen LogP contribution in [0.4, 0.5) is 33.1 Å². The number of nitrogen functional groups attached to an aromatic ring is 1. The number of nitrogens with one attached hydrogen (secondary N) is 2. The third kappa shape index (κ3) is 2.98. The summed E-state index contributed by atoms with van der Waals surface area (Å²) in [6.45, 7) is 0. The zero-order valence-corrected chi connectivity index (χ0v) is 13.6. The molecule has 0 unspecified atom stereocenters. The van der Waals surface area contributed by atoms with Crippen LogP contribution in [0.3, 0.4) is 0 Å². The number of rotatable bonds is 4. The summed E-state index contributed by atoms with van der Waals surface area (Å²) in [5.41, 5.74) is 8.44. The van der Waals surface area contributed by atoms with Crippen molar-refractivity contribution in [2.75, 3.05) is 16.4 Å².